The molecule has 2 aromatic rings. The van der Waals surface area contributed by atoms with Crippen LogP contribution in [0.15, 0.2) is 62.8 Å². The van der Waals surface area contributed by atoms with Gasteiger partial charge in [0, 0.05) is 34.6 Å². The van der Waals surface area contributed by atoms with Crippen molar-refractivity contribution in [1.82, 2.24) is 10.0 Å². The lowest BCUT2D eigenvalue weighted by Gasteiger charge is -2.08. The largest absolute Gasteiger partial charge is 0.355 e. The van der Waals surface area contributed by atoms with E-state index in [2.05, 4.69) is 26.0 Å². The number of hydrogen-bond acceptors (Lipinski definition) is 4. The third kappa shape index (κ3) is 7.11. The van der Waals surface area contributed by atoms with Gasteiger partial charge in [-0.1, -0.05) is 33.6 Å². The zero-order chi connectivity index (χ0) is 19.0. The monoisotopic (exact) mass is 456 g/mol. The lowest BCUT2D eigenvalue weighted by Crippen LogP contribution is -2.34. The molecule has 0 radical (unpaired) electrons. The van der Waals surface area contributed by atoms with Gasteiger partial charge in [-0.2, -0.15) is 0 Å². The molecule has 2 N–H and O–H groups in total. The van der Waals surface area contributed by atoms with Crippen molar-refractivity contribution in [3.63, 3.8) is 0 Å². The molecular weight excluding hydrogens is 436 g/mol. The van der Waals surface area contributed by atoms with Gasteiger partial charge in [0.05, 0.1) is 4.90 Å². The number of aryl methyl sites for hydroxylation is 1. The van der Waals surface area contributed by atoms with Gasteiger partial charge in [-0.25, -0.2) is 13.1 Å². The summed E-state index contributed by atoms with van der Waals surface area (Å²) >= 11 is 4.99. The van der Waals surface area contributed by atoms with Crippen LogP contribution in [0.4, 0.5) is 0 Å². The van der Waals surface area contributed by atoms with E-state index in [1.807, 2.05) is 31.2 Å². The predicted molar refractivity (Wildman–Crippen MR) is 109 cm³/mol. The number of rotatable bonds is 9. The van der Waals surface area contributed by atoms with Gasteiger partial charge in [0.2, 0.25) is 15.9 Å². The smallest absolute Gasteiger partial charge is 0.240 e. The van der Waals surface area contributed by atoms with Crippen LogP contribution in [0.3, 0.4) is 0 Å². The molecule has 140 valence electrons. The number of halogens is 1. The third-order valence-corrected chi connectivity index (χ3v) is 6.50. The van der Waals surface area contributed by atoms with Crippen molar-refractivity contribution in [2.24, 2.45) is 0 Å². The number of hydrogen-bond donors (Lipinski definition) is 2. The molecule has 0 aliphatic heterocycles. The van der Waals surface area contributed by atoms with Crippen LogP contribution in [0.1, 0.15) is 12.0 Å². The summed E-state index contributed by atoms with van der Waals surface area (Å²) in [4.78, 5) is 13.1. The molecule has 0 unspecified atom stereocenters. The Hall–Kier alpha value is -1.35. The van der Waals surface area contributed by atoms with Crippen molar-refractivity contribution in [3.05, 3.63) is 58.6 Å². The SMILES string of the molecule is Cc1ccc(S(=O)(=O)NCCNC(=O)CCSc2ccc(Br)cc2)cc1. The summed E-state index contributed by atoms with van der Waals surface area (Å²) in [5, 5.41) is 2.72. The summed E-state index contributed by atoms with van der Waals surface area (Å²) in [6.45, 7) is 2.31. The van der Waals surface area contributed by atoms with E-state index in [0.717, 1.165) is 14.9 Å². The molecule has 2 aromatic carbocycles. The van der Waals surface area contributed by atoms with Gasteiger partial charge < -0.3 is 5.32 Å². The standard InChI is InChI=1S/C18H21BrN2O3S2/c1-14-2-8-17(9-3-14)26(23,24)21-12-11-20-18(22)10-13-25-16-6-4-15(19)5-7-16/h2-9,21H,10-13H2,1H3,(H,20,22). The van der Waals surface area contributed by atoms with Gasteiger partial charge in [0.25, 0.3) is 0 Å². The normalized spacial score (nSPS) is 11.3. The number of carbonyl (C=O) groups excluding carboxylic acids is 1. The highest BCUT2D eigenvalue weighted by Gasteiger charge is 2.12. The third-order valence-electron chi connectivity index (χ3n) is 3.48. The van der Waals surface area contributed by atoms with E-state index < -0.39 is 10.0 Å². The second kappa shape index (κ2) is 10.1. The minimum Gasteiger partial charge on any atom is -0.355 e. The Morgan fingerprint density at radius 1 is 1.04 bits per heavy atom. The second-order valence-corrected chi connectivity index (χ2v) is 9.46. The Kier molecular flexibility index (Phi) is 8.15. The number of sulfonamides is 1. The zero-order valence-electron chi connectivity index (χ0n) is 14.4. The molecule has 0 bridgehead atoms. The molecule has 26 heavy (non-hydrogen) atoms. The molecule has 0 fully saturated rings. The number of nitrogens with one attached hydrogen (secondary N) is 2. The summed E-state index contributed by atoms with van der Waals surface area (Å²) in [6.07, 6.45) is 0.380. The van der Waals surface area contributed by atoms with Crippen LogP contribution in [0, 0.1) is 6.92 Å². The molecule has 2 rings (SSSR count). The number of thioether (sulfide) groups is 1. The first-order valence-corrected chi connectivity index (χ1v) is 11.3. The number of carbonyl (C=O) groups is 1. The molecule has 0 aromatic heterocycles. The first-order valence-electron chi connectivity index (χ1n) is 8.08. The van der Waals surface area contributed by atoms with Crippen molar-refractivity contribution in [2.45, 2.75) is 23.1 Å². The molecular formula is C18H21BrN2O3S2. The Labute approximate surface area is 167 Å². The Morgan fingerprint density at radius 2 is 1.69 bits per heavy atom. The van der Waals surface area contributed by atoms with Crippen molar-refractivity contribution in [2.75, 3.05) is 18.8 Å². The average Bonchev–Trinajstić information content (AvgIpc) is 2.61. The van der Waals surface area contributed by atoms with Gasteiger partial charge in [-0.05, 0) is 43.3 Å². The minimum atomic E-state index is -3.54. The van der Waals surface area contributed by atoms with Crippen molar-refractivity contribution in [3.8, 4) is 0 Å². The van der Waals surface area contributed by atoms with Crippen LogP contribution in [0.25, 0.3) is 0 Å². The van der Waals surface area contributed by atoms with E-state index in [4.69, 9.17) is 0 Å². The van der Waals surface area contributed by atoms with Gasteiger partial charge in [-0.15, -0.1) is 11.8 Å². The van der Waals surface area contributed by atoms with E-state index in [0.29, 0.717) is 12.2 Å². The quantitative estimate of drug-likeness (QED) is 0.448. The molecule has 0 saturated heterocycles. The fraction of sp³-hybridized carbons (Fsp3) is 0.278. The van der Waals surface area contributed by atoms with Crippen molar-refractivity contribution < 1.29 is 13.2 Å². The zero-order valence-corrected chi connectivity index (χ0v) is 17.6. The fourth-order valence-electron chi connectivity index (χ4n) is 2.07. The predicted octanol–water partition coefficient (Wildman–Crippen LogP) is 3.33. The molecule has 8 heteroatoms. The van der Waals surface area contributed by atoms with Crippen LogP contribution in [0.2, 0.25) is 0 Å². The second-order valence-electron chi connectivity index (χ2n) is 5.61. The number of benzene rings is 2. The summed E-state index contributed by atoms with van der Waals surface area (Å²) in [5.74, 6) is 0.576. The first-order chi connectivity index (χ1) is 12.4. The highest BCUT2D eigenvalue weighted by molar-refractivity contribution is 9.10. The van der Waals surface area contributed by atoms with E-state index in [-0.39, 0.29) is 23.9 Å². The fourth-order valence-corrected chi connectivity index (χ4v) is 4.22. The summed E-state index contributed by atoms with van der Waals surface area (Å²) in [6, 6.07) is 14.5. The highest BCUT2D eigenvalue weighted by atomic mass is 79.9. The summed E-state index contributed by atoms with van der Waals surface area (Å²) in [5.41, 5.74) is 0.997. The number of amides is 1. The van der Waals surface area contributed by atoms with Crippen LogP contribution >= 0.6 is 27.7 Å². The van der Waals surface area contributed by atoms with Crippen molar-refractivity contribution >= 4 is 43.6 Å². The lowest BCUT2D eigenvalue weighted by atomic mass is 10.2. The average molecular weight is 457 g/mol. The van der Waals surface area contributed by atoms with Gasteiger partial charge in [-0.3, -0.25) is 4.79 Å². The molecule has 0 saturated carbocycles. The van der Waals surface area contributed by atoms with Crippen LogP contribution in [-0.4, -0.2) is 33.2 Å². The van der Waals surface area contributed by atoms with Crippen molar-refractivity contribution in [1.29, 1.82) is 0 Å². The molecule has 5 nitrogen and oxygen atoms in total. The van der Waals surface area contributed by atoms with E-state index >= 15 is 0 Å². The topological polar surface area (TPSA) is 75.3 Å². The molecule has 0 aliphatic rings. The Morgan fingerprint density at radius 3 is 2.35 bits per heavy atom. The summed E-state index contributed by atoms with van der Waals surface area (Å²) < 4.78 is 27.7. The summed E-state index contributed by atoms with van der Waals surface area (Å²) in [7, 11) is -3.54. The van der Waals surface area contributed by atoms with Crippen LogP contribution in [-0.2, 0) is 14.8 Å². The maximum Gasteiger partial charge on any atom is 0.240 e. The maximum atomic E-state index is 12.1. The maximum absolute atomic E-state index is 12.1. The van der Waals surface area contributed by atoms with Gasteiger partial charge in [0.15, 0.2) is 0 Å². The van der Waals surface area contributed by atoms with E-state index in [9.17, 15) is 13.2 Å². The van der Waals surface area contributed by atoms with Gasteiger partial charge in [0.1, 0.15) is 0 Å². The molecule has 0 spiro atoms. The molecule has 0 aliphatic carbocycles. The lowest BCUT2D eigenvalue weighted by molar-refractivity contribution is -0.120. The molecule has 1 amide bonds. The minimum absolute atomic E-state index is 0.0934. The highest BCUT2D eigenvalue weighted by Crippen LogP contribution is 2.21. The van der Waals surface area contributed by atoms with Crippen LogP contribution in [0.5, 0.6) is 0 Å². The first kappa shape index (κ1) is 21.0. The van der Waals surface area contributed by atoms with E-state index in [1.165, 1.54) is 0 Å². The van der Waals surface area contributed by atoms with E-state index in [1.54, 1.807) is 36.0 Å². The van der Waals surface area contributed by atoms with Gasteiger partial charge >= 0.3 is 0 Å². The molecule has 0 atom stereocenters. The Bertz CT molecular complexity index is 823. The molecule has 0 heterocycles. The van der Waals surface area contributed by atoms with Crippen LogP contribution < -0.4 is 10.0 Å². The Balaban J connectivity index is 1.65.